The van der Waals surface area contributed by atoms with Crippen molar-refractivity contribution in [3.63, 3.8) is 0 Å². The number of halogens is 1. The van der Waals surface area contributed by atoms with Gasteiger partial charge in [-0.05, 0) is 38.5 Å². The minimum Gasteiger partial charge on any atom is -0.444 e. The summed E-state index contributed by atoms with van der Waals surface area (Å²) in [6.45, 7) is 9.48. The van der Waals surface area contributed by atoms with E-state index in [9.17, 15) is 4.79 Å². The summed E-state index contributed by atoms with van der Waals surface area (Å²) in [6.07, 6.45) is 1.33. The zero-order chi connectivity index (χ0) is 16.6. The van der Waals surface area contributed by atoms with E-state index in [1.165, 1.54) is 11.8 Å². The van der Waals surface area contributed by atoms with Gasteiger partial charge < -0.3 is 15.8 Å². The summed E-state index contributed by atoms with van der Waals surface area (Å²) in [5, 5.41) is 3.19. The van der Waals surface area contributed by atoms with Crippen molar-refractivity contribution in [2.24, 2.45) is 10.7 Å². The lowest BCUT2D eigenvalue weighted by molar-refractivity contribution is 0.0523. The molecule has 0 aliphatic carbocycles. The number of hydrogen-bond acceptors (Lipinski definition) is 4. The molecule has 0 heterocycles. The van der Waals surface area contributed by atoms with E-state index in [1.807, 2.05) is 45.0 Å². The summed E-state index contributed by atoms with van der Waals surface area (Å²) in [5.74, 6) is 0.717. The largest absolute Gasteiger partial charge is 0.444 e. The number of carbonyl (C=O) groups excluding carboxylic acids is 1. The van der Waals surface area contributed by atoms with Crippen LogP contribution >= 0.6 is 28.7 Å². The van der Waals surface area contributed by atoms with E-state index in [2.05, 4.69) is 16.9 Å². The first-order valence-corrected chi connectivity index (χ1v) is 7.92. The predicted octanol–water partition coefficient (Wildman–Crippen LogP) is 4.15. The zero-order valence-electron chi connectivity index (χ0n) is 13.7. The van der Waals surface area contributed by atoms with Crippen molar-refractivity contribution in [3.05, 3.63) is 42.5 Å². The number of ether oxygens (including phenoxy) is 1. The molecule has 0 spiro atoms. The number of amides is 1. The van der Waals surface area contributed by atoms with Crippen LogP contribution in [0.4, 0.5) is 10.5 Å². The summed E-state index contributed by atoms with van der Waals surface area (Å²) >= 11 is 1.42. The van der Waals surface area contributed by atoms with Gasteiger partial charge in [-0.1, -0.05) is 30.0 Å². The molecule has 0 aliphatic rings. The third-order valence-electron chi connectivity index (χ3n) is 2.33. The lowest BCUT2D eigenvalue weighted by Crippen LogP contribution is -2.32. The highest BCUT2D eigenvalue weighted by molar-refractivity contribution is 8.93. The Bertz CT molecular complexity index is 557. The number of benzene rings is 1. The second-order valence-corrected chi connectivity index (χ2v) is 6.62. The van der Waals surface area contributed by atoms with Crippen LogP contribution in [0.25, 0.3) is 0 Å². The highest BCUT2D eigenvalue weighted by Crippen LogP contribution is 2.16. The summed E-state index contributed by atoms with van der Waals surface area (Å²) in [7, 11) is 0. The average molecular weight is 402 g/mol. The maximum atomic E-state index is 11.6. The first kappa shape index (κ1) is 21.5. The van der Waals surface area contributed by atoms with Gasteiger partial charge in [-0.3, -0.25) is 0 Å². The quantitative estimate of drug-likeness (QED) is 0.441. The van der Waals surface area contributed by atoms with Crippen molar-refractivity contribution in [3.8, 4) is 0 Å². The minimum atomic E-state index is -0.507. The van der Waals surface area contributed by atoms with Crippen molar-refractivity contribution in [1.82, 2.24) is 5.32 Å². The smallest absolute Gasteiger partial charge is 0.407 e. The molecule has 0 fully saturated rings. The Kier molecular flexibility index (Phi) is 9.67. The molecule has 0 saturated carbocycles. The first-order valence-electron chi connectivity index (χ1n) is 6.94. The first-order chi connectivity index (χ1) is 10.3. The van der Waals surface area contributed by atoms with Crippen LogP contribution < -0.4 is 11.1 Å². The molecule has 1 aromatic rings. The SMILES string of the molecule is Br.C=CCSC(N)=Nc1cccc(CNC(=O)OC(C)(C)C)c1. The van der Waals surface area contributed by atoms with Crippen molar-refractivity contribution in [1.29, 1.82) is 0 Å². The van der Waals surface area contributed by atoms with Gasteiger partial charge in [-0.25, -0.2) is 9.79 Å². The fraction of sp³-hybridized carbons (Fsp3) is 0.375. The van der Waals surface area contributed by atoms with Gasteiger partial charge in [0.15, 0.2) is 5.17 Å². The molecule has 1 amide bonds. The van der Waals surface area contributed by atoms with Gasteiger partial charge in [-0.15, -0.1) is 23.6 Å². The normalized spacial score (nSPS) is 11.3. The second-order valence-electron chi connectivity index (χ2n) is 5.58. The Hall–Kier alpha value is -1.47. The van der Waals surface area contributed by atoms with E-state index in [0.29, 0.717) is 11.7 Å². The van der Waals surface area contributed by atoms with Gasteiger partial charge in [-0.2, -0.15) is 0 Å². The second kappa shape index (κ2) is 10.3. The Balaban J connectivity index is 0.00000484. The summed E-state index contributed by atoms with van der Waals surface area (Å²) in [6, 6.07) is 7.51. The molecule has 3 N–H and O–H groups in total. The van der Waals surface area contributed by atoms with Crippen molar-refractivity contribution in [2.45, 2.75) is 32.9 Å². The summed E-state index contributed by atoms with van der Waals surface area (Å²) in [4.78, 5) is 15.9. The van der Waals surface area contributed by atoms with Gasteiger partial charge in [0.1, 0.15) is 5.60 Å². The Morgan fingerprint density at radius 3 is 2.78 bits per heavy atom. The predicted molar refractivity (Wildman–Crippen MR) is 104 cm³/mol. The topological polar surface area (TPSA) is 76.7 Å². The van der Waals surface area contributed by atoms with Crippen LogP contribution in [0.3, 0.4) is 0 Å². The molecule has 0 bridgehead atoms. The lowest BCUT2D eigenvalue weighted by Gasteiger charge is -2.19. The van der Waals surface area contributed by atoms with E-state index in [1.54, 1.807) is 6.08 Å². The molecule has 0 radical (unpaired) electrons. The number of nitrogens with two attached hydrogens (primary N) is 1. The van der Waals surface area contributed by atoms with Crippen LogP contribution in [-0.2, 0) is 11.3 Å². The van der Waals surface area contributed by atoms with Crippen LogP contribution in [-0.4, -0.2) is 22.6 Å². The Morgan fingerprint density at radius 1 is 1.48 bits per heavy atom. The Morgan fingerprint density at radius 2 is 2.17 bits per heavy atom. The third kappa shape index (κ3) is 10.0. The van der Waals surface area contributed by atoms with Crippen LogP contribution in [0.15, 0.2) is 41.9 Å². The fourth-order valence-electron chi connectivity index (χ4n) is 1.53. The number of aliphatic imine (C=N–C) groups is 1. The molecule has 23 heavy (non-hydrogen) atoms. The molecule has 0 saturated heterocycles. The molecule has 5 nitrogen and oxygen atoms in total. The third-order valence-corrected chi connectivity index (χ3v) is 3.12. The number of hydrogen-bond donors (Lipinski definition) is 2. The van der Waals surface area contributed by atoms with Crippen LogP contribution in [0, 0.1) is 0 Å². The van der Waals surface area contributed by atoms with Gasteiger partial charge in [0.2, 0.25) is 0 Å². The molecule has 0 unspecified atom stereocenters. The maximum absolute atomic E-state index is 11.6. The van der Waals surface area contributed by atoms with Crippen molar-refractivity contribution in [2.75, 3.05) is 5.75 Å². The highest BCUT2D eigenvalue weighted by atomic mass is 79.9. The molecule has 1 aromatic carbocycles. The number of nitrogens with zero attached hydrogens (tertiary/aromatic N) is 1. The number of nitrogens with one attached hydrogen (secondary N) is 1. The van der Waals surface area contributed by atoms with E-state index in [0.717, 1.165) is 17.0 Å². The van der Waals surface area contributed by atoms with Gasteiger partial charge in [0.25, 0.3) is 0 Å². The lowest BCUT2D eigenvalue weighted by atomic mass is 10.2. The fourth-order valence-corrected chi connectivity index (χ4v) is 1.99. The zero-order valence-corrected chi connectivity index (χ0v) is 16.2. The number of thioether (sulfide) groups is 1. The molecule has 1 rings (SSSR count). The van der Waals surface area contributed by atoms with E-state index < -0.39 is 11.7 Å². The van der Waals surface area contributed by atoms with Crippen LogP contribution in [0.5, 0.6) is 0 Å². The Labute approximate surface area is 152 Å². The molecule has 128 valence electrons. The molecule has 7 heteroatoms. The molecule has 0 aromatic heterocycles. The molecule has 0 aliphatic heterocycles. The number of alkyl carbamates (subject to hydrolysis) is 1. The van der Waals surface area contributed by atoms with E-state index in [4.69, 9.17) is 10.5 Å². The molecular weight excluding hydrogens is 378 g/mol. The minimum absolute atomic E-state index is 0. The van der Waals surface area contributed by atoms with Crippen LogP contribution in [0.1, 0.15) is 26.3 Å². The van der Waals surface area contributed by atoms with Gasteiger partial charge >= 0.3 is 6.09 Å². The maximum Gasteiger partial charge on any atom is 0.407 e. The van der Waals surface area contributed by atoms with Crippen molar-refractivity contribution < 1.29 is 9.53 Å². The monoisotopic (exact) mass is 401 g/mol. The number of amidine groups is 1. The van der Waals surface area contributed by atoms with Crippen LogP contribution in [0.2, 0.25) is 0 Å². The van der Waals surface area contributed by atoms with E-state index in [-0.39, 0.29) is 17.0 Å². The van der Waals surface area contributed by atoms with Crippen molar-refractivity contribution >= 4 is 45.7 Å². The number of carbonyl (C=O) groups is 1. The summed E-state index contributed by atoms with van der Waals surface area (Å²) < 4.78 is 5.19. The average Bonchev–Trinajstić information content (AvgIpc) is 2.41. The molecule has 0 atom stereocenters. The molecular formula is C16H24BrN3O2S. The highest BCUT2D eigenvalue weighted by Gasteiger charge is 2.15. The van der Waals surface area contributed by atoms with E-state index >= 15 is 0 Å². The number of rotatable bonds is 5. The summed E-state index contributed by atoms with van der Waals surface area (Å²) in [5.41, 5.74) is 6.97. The standard InChI is InChI=1S/C16H23N3O2S.BrH/c1-5-9-22-14(17)19-13-8-6-7-12(10-13)11-18-15(20)21-16(2,3)4;/h5-8,10H,1,9,11H2,2-4H3,(H2,17,19)(H,18,20);1H. The van der Waals surface area contributed by atoms with Gasteiger partial charge in [0.05, 0.1) is 5.69 Å². The van der Waals surface area contributed by atoms with Gasteiger partial charge in [0, 0.05) is 12.3 Å².